The van der Waals surface area contributed by atoms with Gasteiger partial charge in [0.05, 0.1) is 41.2 Å². The van der Waals surface area contributed by atoms with Crippen molar-refractivity contribution in [3.05, 3.63) is 41.6 Å². The first-order valence-corrected chi connectivity index (χ1v) is 9.80. The number of fused-ring (bicyclic) bond motifs is 3. The van der Waals surface area contributed by atoms with Gasteiger partial charge in [0.25, 0.3) is 0 Å². The number of rotatable bonds is 7. The molecule has 0 fully saturated rings. The molecule has 0 amide bonds. The van der Waals surface area contributed by atoms with E-state index in [-0.39, 0.29) is 0 Å². The van der Waals surface area contributed by atoms with Crippen molar-refractivity contribution in [2.45, 2.75) is 12.8 Å². The maximum absolute atomic E-state index is 5.49. The third-order valence-electron chi connectivity index (χ3n) is 5.31. The van der Waals surface area contributed by atoms with Crippen LogP contribution in [0.3, 0.4) is 0 Å². The summed E-state index contributed by atoms with van der Waals surface area (Å²) in [6.45, 7) is 0. The highest BCUT2D eigenvalue weighted by molar-refractivity contribution is 5.74. The Bertz CT molecular complexity index is 1090. The molecule has 0 spiro atoms. The molecule has 1 heterocycles. The molecular formula is C23H25N3O5. The van der Waals surface area contributed by atoms with Gasteiger partial charge in [0, 0.05) is 29.6 Å². The zero-order valence-corrected chi connectivity index (χ0v) is 18.2. The van der Waals surface area contributed by atoms with Crippen LogP contribution in [0.1, 0.15) is 11.1 Å². The lowest BCUT2D eigenvalue weighted by molar-refractivity contribution is 0.324. The predicted molar refractivity (Wildman–Crippen MR) is 117 cm³/mol. The summed E-state index contributed by atoms with van der Waals surface area (Å²) >= 11 is 0. The van der Waals surface area contributed by atoms with Crippen LogP contribution in [0, 0.1) is 0 Å². The summed E-state index contributed by atoms with van der Waals surface area (Å²) in [5.41, 5.74) is 4.89. The van der Waals surface area contributed by atoms with Crippen LogP contribution in [0.25, 0.3) is 11.3 Å². The van der Waals surface area contributed by atoms with Crippen molar-refractivity contribution in [3.8, 4) is 40.0 Å². The molecule has 4 rings (SSSR count). The van der Waals surface area contributed by atoms with Crippen molar-refractivity contribution in [2.75, 3.05) is 40.9 Å². The topological polar surface area (TPSA) is 84.0 Å². The average molecular weight is 423 g/mol. The third-order valence-corrected chi connectivity index (χ3v) is 5.31. The standard InChI is InChI=1S/C23H25N3O5/c1-27-17-8-13-6-7-14-12-24-23(26-21(14)16(13)11-18(17)28-2)25-15-9-19(29-3)22(31-5)20(10-15)30-4/h8-12H,6-7H2,1-5H3,(H,24,25,26). The number of aromatic nitrogens is 2. The molecule has 2 aromatic carbocycles. The maximum atomic E-state index is 5.49. The van der Waals surface area contributed by atoms with Gasteiger partial charge in [-0.2, -0.15) is 0 Å². The van der Waals surface area contributed by atoms with E-state index >= 15 is 0 Å². The first-order chi connectivity index (χ1) is 15.1. The van der Waals surface area contributed by atoms with E-state index in [2.05, 4.69) is 10.3 Å². The number of nitrogens with one attached hydrogen (secondary N) is 1. The third kappa shape index (κ3) is 3.76. The quantitative estimate of drug-likeness (QED) is 0.610. The van der Waals surface area contributed by atoms with E-state index in [4.69, 9.17) is 28.7 Å². The van der Waals surface area contributed by atoms with Crippen LogP contribution in [-0.4, -0.2) is 45.5 Å². The number of hydrogen-bond donors (Lipinski definition) is 1. The second kappa shape index (κ2) is 8.59. The Hall–Kier alpha value is -3.68. The van der Waals surface area contributed by atoms with Crippen molar-refractivity contribution < 1.29 is 23.7 Å². The normalized spacial score (nSPS) is 11.8. The smallest absolute Gasteiger partial charge is 0.227 e. The Balaban J connectivity index is 1.73. The van der Waals surface area contributed by atoms with Crippen LogP contribution < -0.4 is 29.0 Å². The minimum Gasteiger partial charge on any atom is -0.493 e. The van der Waals surface area contributed by atoms with Gasteiger partial charge in [-0.1, -0.05) is 0 Å². The van der Waals surface area contributed by atoms with Gasteiger partial charge in [0.1, 0.15) is 0 Å². The molecule has 8 nitrogen and oxygen atoms in total. The Kier molecular flexibility index (Phi) is 5.70. The minimum atomic E-state index is 0.468. The fourth-order valence-electron chi connectivity index (χ4n) is 3.78. The molecular weight excluding hydrogens is 398 g/mol. The lowest BCUT2D eigenvalue weighted by Gasteiger charge is -2.21. The molecule has 1 aliphatic carbocycles. The lowest BCUT2D eigenvalue weighted by atomic mass is 9.89. The number of aryl methyl sites for hydroxylation is 2. The Labute approximate surface area is 181 Å². The fraction of sp³-hybridized carbons (Fsp3) is 0.304. The summed E-state index contributed by atoms with van der Waals surface area (Å²) in [4.78, 5) is 9.30. The van der Waals surface area contributed by atoms with E-state index in [0.717, 1.165) is 41.1 Å². The molecule has 8 heteroatoms. The largest absolute Gasteiger partial charge is 0.493 e. The Morgan fingerprint density at radius 3 is 1.94 bits per heavy atom. The van der Waals surface area contributed by atoms with Gasteiger partial charge in [-0.25, -0.2) is 9.97 Å². The van der Waals surface area contributed by atoms with Crippen LogP contribution in [0.15, 0.2) is 30.5 Å². The molecule has 162 valence electrons. The second-order valence-electron chi connectivity index (χ2n) is 6.97. The molecule has 1 N–H and O–H groups in total. The molecule has 0 saturated carbocycles. The van der Waals surface area contributed by atoms with Gasteiger partial charge in [-0.05, 0) is 36.1 Å². The van der Waals surface area contributed by atoms with Crippen LogP contribution in [-0.2, 0) is 12.8 Å². The summed E-state index contributed by atoms with van der Waals surface area (Å²) in [5, 5.41) is 3.24. The average Bonchev–Trinajstić information content (AvgIpc) is 2.82. The summed E-state index contributed by atoms with van der Waals surface area (Å²) in [6, 6.07) is 7.62. The molecule has 1 aliphatic rings. The zero-order valence-electron chi connectivity index (χ0n) is 18.2. The molecule has 0 bridgehead atoms. The molecule has 31 heavy (non-hydrogen) atoms. The fourth-order valence-corrected chi connectivity index (χ4v) is 3.78. The Morgan fingerprint density at radius 1 is 0.710 bits per heavy atom. The van der Waals surface area contributed by atoms with Crippen LogP contribution >= 0.6 is 0 Å². The summed E-state index contributed by atoms with van der Waals surface area (Å²) in [5.74, 6) is 3.47. The first kappa shape index (κ1) is 20.6. The molecule has 0 atom stereocenters. The second-order valence-corrected chi connectivity index (χ2v) is 6.97. The number of anilines is 2. The zero-order chi connectivity index (χ0) is 22.0. The molecule has 0 saturated heterocycles. The first-order valence-electron chi connectivity index (χ1n) is 9.80. The monoisotopic (exact) mass is 423 g/mol. The van der Waals surface area contributed by atoms with Crippen molar-refractivity contribution >= 4 is 11.6 Å². The van der Waals surface area contributed by atoms with Gasteiger partial charge >= 0.3 is 0 Å². The van der Waals surface area contributed by atoms with Crippen LogP contribution in [0.2, 0.25) is 0 Å². The SMILES string of the molecule is COc1cc2c(cc1OC)-c1nc(Nc3cc(OC)c(OC)c(OC)c3)ncc1CC2. The molecule has 3 aromatic rings. The van der Waals surface area contributed by atoms with Crippen molar-refractivity contribution in [2.24, 2.45) is 0 Å². The van der Waals surface area contributed by atoms with Gasteiger partial charge in [0.2, 0.25) is 11.7 Å². The van der Waals surface area contributed by atoms with E-state index in [0.29, 0.717) is 28.9 Å². The highest BCUT2D eigenvalue weighted by Gasteiger charge is 2.22. The summed E-state index contributed by atoms with van der Waals surface area (Å²) in [6.07, 6.45) is 3.62. The van der Waals surface area contributed by atoms with Gasteiger partial charge in [-0.15, -0.1) is 0 Å². The molecule has 1 aromatic heterocycles. The molecule has 0 aliphatic heterocycles. The predicted octanol–water partition coefficient (Wildman–Crippen LogP) is 4.03. The van der Waals surface area contributed by atoms with Crippen molar-refractivity contribution in [1.82, 2.24) is 9.97 Å². The van der Waals surface area contributed by atoms with E-state index in [9.17, 15) is 0 Å². The van der Waals surface area contributed by atoms with E-state index in [1.807, 2.05) is 30.5 Å². The van der Waals surface area contributed by atoms with Gasteiger partial charge in [-0.3, -0.25) is 0 Å². The number of nitrogens with zero attached hydrogens (tertiary/aromatic N) is 2. The summed E-state index contributed by atoms with van der Waals surface area (Å²) < 4.78 is 27.2. The number of benzene rings is 2. The van der Waals surface area contributed by atoms with E-state index in [1.165, 1.54) is 5.56 Å². The number of methoxy groups -OCH3 is 5. The van der Waals surface area contributed by atoms with Gasteiger partial charge < -0.3 is 29.0 Å². The van der Waals surface area contributed by atoms with E-state index in [1.54, 1.807) is 35.5 Å². The van der Waals surface area contributed by atoms with E-state index < -0.39 is 0 Å². The number of hydrogen-bond acceptors (Lipinski definition) is 8. The van der Waals surface area contributed by atoms with Crippen molar-refractivity contribution in [3.63, 3.8) is 0 Å². The van der Waals surface area contributed by atoms with Crippen LogP contribution in [0.5, 0.6) is 28.7 Å². The minimum absolute atomic E-state index is 0.468. The highest BCUT2D eigenvalue weighted by Crippen LogP contribution is 2.42. The number of ether oxygens (including phenoxy) is 5. The van der Waals surface area contributed by atoms with Crippen LogP contribution in [0.4, 0.5) is 11.6 Å². The Morgan fingerprint density at radius 2 is 1.32 bits per heavy atom. The van der Waals surface area contributed by atoms with Gasteiger partial charge in [0.15, 0.2) is 23.0 Å². The molecule has 0 radical (unpaired) electrons. The summed E-state index contributed by atoms with van der Waals surface area (Å²) in [7, 11) is 8.00. The maximum Gasteiger partial charge on any atom is 0.227 e. The van der Waals surface area contributed by atoms with Crippen molar-refractivity contribution in [1.29, 1.82) is 0 Å². The highest BCUT2D eigenvalue weighted by atomic mass is 16.5. The molecule has 0 unspecified atom stereocenters. The lowest BCUT2D eigenvalue weighted by Crippen LogP contribution is -2.09.